The molecule has 0 aliphatic carbocycles. The highest BCUT2D eigenvalue weighted by Gasteiger charge is 2.19. The minimum atomic E-state index is -0.845. The van der Waals surface area contributed by atoms with Crippen LogP contribution in [-0.4, -0.2) is 37.2 Å². The van der Waals surface area contributed by atoms with Crippen LogP contribution in [0.15, 0.2) is 170 Å². The van der Waals surface area contributed by atoms with Gasteiger partial charge in [-0.3, -0.25) is 14.4 Å². The Bertz CT molecular complexity index is 1520. The highest BCUT2D eigenvalue weighted by Crippen LogP contribution is 2.11. The first-order valence-corrected chi connectivity index (χ1v) is 22.8. The maximum Gasteiger partial charge on any atom is 0.306 e. The van der Waals surface area contributed by atoms with Gasteiger partial charge in [0.25, 0.3) is 0 Å². The lowest BCUT2D eigenvalue weighted by Crippen LogP contribution is -2.30. The van der Waals surface area contributed by atoms with Crippen LogP contribution < -0.4 is 0 Å². The summed E-state index contributed by atoms with van der Waals surface area (Å²) in [7, 11) is 0. The van der Waals surface area contributed by atoms with Crippen molar-refractivity contribution in [2.45, 2.75) is 142 Å². The zero-order valence-electron chi connectivity index (χ0n) is 37.8. The largest absolute Gasteiger partial charge is 0.462 e. The lowest BCUT2D eigenvalue weighted by molar-refractivity contribution is -0.167. The molecule has 0 aliphatic rings. The predicted molar refractivity (Wildman–Crippen MR) is 260 cm³/mol. The van der Waals surface area contributed by atoms with Crippen molar-refractivity contribution in [2.75, 3.05) is 13.2 Å². The fourth-order valence-corrected chi connectivity index (χ4v) is 5.21. The third-order valence-corrected chi connectivity index (χ3v) is 8.55. The lowest BCUT2D eigenvalue weighted by atomic mass is 10.1. The summed E-state index contributed by atoms with van der Waals surface area (Å²) in [5, 5.41) is 0. The fourth-order valence-electron chi connectivity index (χ4n) is 5.21. The van der Waals surface area contributed by atoms with Crippen LogP contribution in [0.5, 0.6) is 0 Å². The van der Waals surface area contributed by atoms with Gasteiger partial charge in [0, 0.05) is 19.3 Å². The Morgan fingerprint density at radius 2 is 0.607 bits per heavy atom. The molecule has 0 aromatic heterocycles. The third-order valence-electron chi connectivity index (χ3n) is 8.55. The highest BCUT2D eigenvalue weighted by molar-refractivity contribution is 5.71. The van der Waals surface area contributed by atoms with Crippen molar-refractivity contribution in [3.63, 3.8) is 0 Å². The molecule has 0 saturated carbocycles. The van der Waals surface area contributed by atoms with E-state index in [4.69, 9.17) is 14.2 Å². The average molecular weight is 835 g/mol. The second-order valence-electron chi connectivity index (χ2n) is 14.1. The minimum Gasteiger partial charge on any atom is -0.462 e. The summed E-state index contributed by atoms with van der Waals surface area (Å²) in [5.74, 6) is -1.10. The zero-order chi connectivity index (χ0) is 44.4. The van der Waals surface area contributed by atoms with Gasteiger partial charge < -0.3 is 14.2 Å². The van der Waals surface area contributed by atoms with E-state index >= 15 is 0 Å². The van der Waals surface area contributed by atoms with E-state index in [1.807, 2.05) is 134 Å². The molecular formula is C55H78O6. The lowest BCUT2D eigenvalue weighted by Gasteiger charge is -2.18. The van der Waals surface area contributed by atoms with E-state index in [-0.39, 0.29) is 50.4 Å². The van der Waals surface area contributed by atoms with E-state index < -0.39 is 6.10 Å². The number of hydrogen-bond donors (Lipinski definition) is 0. The predicted octanol–water partition coefficient (Wildman–Crippen LogP) is 14.9. The molecular weight excluding hydrogens is 757 g/mol. The van der Waals surface area contributed by atoms with E-state index in [9.17, 15) is 14.4 Å². The van der Waals surface area contributed by atoms with Crippen LogP contribution in [0.3, 0.4) is 0 Å². The third kappa shape index (κ3) is 45.7. The Hall–Kier alpha value is -5.23. The Labute approximate surface area is 371 Å². The van der Waals surface area contributed by atoms with Gasteiger partial charge in [-0.05, 0) is 70.6 Å². The first-order valence-electron chi connectivity index (χ1n) is 22.8. The summed E-state index contributed by atoms with van der Waals surface area (Å²) < 4.78 is 16.6. The summed E-state index contributed by atoms with van der Waals surface area (Å²) in [6.45, 7) is 6.03. The van der Waals surface area contributed by atoms with E-state index in [0.29, 0.717) is 19.3 Å². The molecule has 1 atom stereocenters. The maximum absolute atomic E-state index is 12.7. The van der Waals surface area contributed by atoms with Crippen LogP contribution >= 0.6 is 0 Å². The Morgan fingerprint density at radius 3 is 1.00 bits per heavy atom. The number of carbonyl (C=O) groups excluding carboxylic acids is 3. The average Bonchev–Trinajstić information content (AvgIpc) is 3.26. The van der Waals surface area contributed by atoms with Crippen molar-refractivity contribution < 1.29 is 28.6 Å². The van der Waals surface area contributed by atoms with Crippen LogP contribution in [0, 0.1) is 0 Å². The smallest absolute Gasteiger partial charge is 0.306 e. The van der Waals surface area contributed by atoms with Crippen molar-refractivity contribution in [3.8, 4) is 0 Å². The van der Waals surface area contributed by atoms with Crippen molar-refractivity contribution in [3.05, 3.63) is 170 Å². The van der Waals surface area contributed by atoms with Crippen LogP contribution in [0.25, 0.3) is 0 Å². The van der Waals surface area contributed by atoms with Gasteiger partial charge in [0.05, 0.1) is 0 Å². The number of esters is 3. The maximum atomic E-state index is 12.7. The molecule has 1 unspecified atom stereocenters. The summed E-state index contributed by atoms with van der Waals surface area (Å²) in [5.41, 5.74) is 0. The first kappa shape index (κ1) is 55.8. The normalized spacial score (nSPS) is 13.7. The van der Waals surface area contributed by atoms with Crippen molar-refractivity contribution in [2.24, 2.45) is 0 Å². The number of rotatable bonds is 37. The molecule has 0 fully saturated rings. The fraction of sp³-hybridized carbons (Fsp3) is 0.436. The molecule has 6 heteroatoms. The number of unbranched alkanes of at least 4 members (excludes halogenated alkanes) is 9. The van der Waals surface area contributed by atoms with Gasteiger partial charge in [-0.1, -0.05) is 217 Å². The molecule has 0 radical (unpaired) electrons. The number of hydrogen-bond acceptors (Lipinski definition) is 6. The van der Waals surface area contributed by atoms with Crippen LogP contribution in [0.2, 0.25) is 0 Å². The zero-order valence-corrected chi connectivity index (χ0v) is 37.8. The van der Waals surface area contributed by atoms with Gasteiger partial charge in [0.2, 0.25) is 0 Å². The summed E-state index contributed by atoms with van der Waals surface area (Å²) in [4.78, 5) is 37.8. The van der Waals surface area contributed by atoms with E-state index in [1.54, 1.807) is 0 Å². The van der Waals surface area contributed by atoms with Crippen LogP contribution in [0.4, 0.5) is 0 Å². The molecule has 6 nitrogen and oxygen atoms in total. The minimum absolute atomic E-state index is 0.143. The molecule has 61 heavy (non-hydrogen) atoms. The van der Waals surface area contributed by atoms with Gasteiger partial charge in [-0.2, -0.15) is 0 Å². The Balaban J connectivity index is 4.68. The van der Waals surface area contributed by atoms with E-state index in [2.05, 4.69) is 57.2 Å². The SMILES string of the molecule is CC\C=C/C=C\C=C/C=C\C=C/CCCCCC(=O)OCC(COC(=O)CCC\C=C/C=C\C=C/C=C\C=C/CC)OC(=O)CCCCCCC\C=C/C=C\C=C/C=C\CC. The molecule has 0 aliphatic heterocycles. The van der Waals surface area contributed by atoms with Crippen LogP contribution in [-0.2, 0) is 28.6 Å². The molecule has 0 spiro atoms. The molecule has 0 aromatic rings. The van der Waals surface area contributed by atoms with E-state index in [1.165, 1.54) is 0 Å². The van der Waals surface area contributed by atoms with Crippen molar-refractivity contribution in [1.82, 2.24) is 0 Å². The molecule has 0 aromatic carbocycles. The van der Waals surface area contributed by atoms with Crippen molar-refractivity contribution in [1.29, 1.82) is 0 Å². The van der Waals surface area contributed by atoms with Gasteiger partial charge >= 0.3 is 17.9 Å². The number of allylic oxidation sites excluding steroid dienone is 28. The molecule has 0 rings (SSSR count). The summed E-state index contributed by atoms with van der Waals surface area (Å²) in [6, 6.07) is 0. The standard InChI is InChI=1S/C55H78O6/c1-4-7-10-13-16-19-22-25-27-30-33-36-39-42-45-48-54(57)60-51-52(50-59-53(56)47-44-41-38-35-32-29-24-21-18-15-12-9-6-3)61-55(58)49-46-43-40-37-34-31-28-26-23-20-17-14-11-8-5-2/h7-30,32-33,35,38,52H,4-6,31,34,36-37,39-51H2,1-3H3/b10-7-,11-8-,12-9-,16-13-,17-14-,18-15-,22-19-,23-20-,24-21-,27-25-,28-26-,32-29-,33-30-,38-35-. The number of ether oxygens (including phenoxy) is 3. The Morgan fingerprint density at radius 1 is 0.328 bits per heavy atom. The van der Waals surface area contributed by atoms with Crippen LogP contribution in [0.1, 0.15) is 136 Å². The second kappa shape index (κ2) is 47.4. The molecule has 0 N–H and O–H groups in total. The van der Waals surface area contributed by atoms with Gasteiger partial charge in [-0.25, -0.2) is 0 Å². The molecule has 0 bridgehead atoms. The monoisotopic (exact) mass is 835 g/mol. The highest BCUT2D eigenvalue weighted by atomic mass is 16.6. The van der Waals surface area contributed by atoms with Gasteiger partial charge in [0.1, 0.15) is 13.2 Å². The molecule has 0 amide bonds. The van der Waals surface area contributed by atoms with Gasteiger partial charge in [-0.15, -0.1) is 0 Å². The Kier molecular flexibility index (Phi) is 43.4. The topological polar surface area (TPSA) is 78.9 Å². The first-order chi connectivity index (χ1) is 30.0. The summed E-state index contributed by atoms with van der Waals surface area (Å²) in [6.07, 6.45) is 70.5. The summed E-state index contributed by atoms with van der Waals surface area (Å²) >= 11 is 0. The quantitative estimate of drug-likeness (QED) is 0.0268. The molecule has 0 heterocycles. The van der Waals surface area contributed by atoms with E-state index in [0.717, 1.165) is 77.0 Å². The van der Waals surface area contributed by atoms with Crippen molar-refractivity contribution >= 4 is 17.9 Å². The van der Waals surface area contributed by atoms with Gasteiger partial charge in [0.15, 0.2) is 6.10 Å². The molecule has 0 saturated heterocycles. The number of carbonyl (C=O) groups is 3. The second-order valence-corrected chi connectivity index (χ2v) is 14.1. The molecule has 334 valence electrons.